The van der Waals surface area contributed by atoms with Gasteiger partial charge in [0.15, 0.2) is 0 Å². The molecule has 1 nitrogen and oxygen atoms in total. The van der Waals surface area contributed by atoms with Gasteiger partial charge in [0.2, 0.25) is 0 Å². The molecule has 0 bridgehead atoms. The number of hydrogen-bond acceptors (Lipinski definition) is 1. The zero-order chi connectivity index (χ0) is 10.1. The third-order valence-corrected chi connectivity index (χ3v) is 2.76. The van der Waals surface area contributed by atoms with Gasteiger partial charge in [-0.25, -0.2) is 0 Å². The summed E-state index contributed by atoms with van der Waals surface area (Å²) >= 11 is 0. The van der Waals surface area contributed by atoms with Crippen molar-refractivity contribution >= 4 is 0 Å². The molecule has 1 N–H and O–H groups in total. The predicted molar refractivity (Wildman–Crippen MR) is 58.8 cm³/mol. The molecule has 0 aromatic rings. The fraction of sp³-hybridized carbons (Fsp3) is 1.00. The molecule has 0 aromatic heterocycles. The standard InChI is InChI=1S/C12H26O/c1-4-5-7-11(2)8-6-9-12(3)10-13/h11-13H,4-10H2,1-3H3/t11-,12+/m1/s1. The van der Waals surface area contributed by atoms with Gasteiger partial charge in [-0.15, -0.1) is 0 Å². The van der Waals surface area contributed by atoms with Crippen LogP contribution in [0.2, 0.25) is 0 Å². The van der Waals surface area contributed by atoms with Crippen molar-refractivity contribution in [3.63, 3.8) is 0 Å². The summed E-state index contributed by atoms with van der Waals surface area (Å²) in [6.45, 7) is 7.07. The maximum absolute atomic E-state index is 8.84. The van der Waals surface area contributed by atoms with Crippen LogP contribution in [-0.2, 0) is 0 Å². The molecule has 0 saturated carbocycles. The van der Waals surface area contributed by atoms with Crippen LogP contribution in [0.5, 0.6) is 0 Å². The lowest BCUT2D eigenvalue weighted by atomic mass is 9.95. The molecule has 0 spiro atoms. The van der Waals surface area contributed by atoms with Crippen molar-refractivity contribution in [3.8, 4) is 0 Å². The summed E-state index contributed by atoms with van der Waals surface area (Å²) in [6.07, 6.45) is 7.88. The highest BCUT2D eigenvalue weighted by Crippen LogP contribution is 2.17. The second-order valence-corrected chi connectivity index (χ2v) is 4.47. The Labute approximate surface area is 83.5 Å². The third kappa shape index (κ3) is 8.29. The molecule has 0 rings (SSSR count). The molecule has 0 heterocycles. The Morgan fingerprint density at radius 1 is 0.923 bits per heavy atom. The van der Waals surface area contributed by atoms with E-state index < -0.39 is 0 Å². The van der Waals surface area contributed by atoms with E-state index in [0.29, 0.717) is 12.5 Å². The minimum Gasteiger partial charge on any atom is -0.396 e. The molecule has 0 aromatic carbocycles. The number of unbranched alkanes of at least 4 members (excludes halogenated alkanes) is 1. The van der Waals surface area contributed by atoms with E-state index in [1.54, 1.807) is 0 Å². The highest BCUT2D eigenvalue weighted by atomic mass is 16.3. The number of aliphatic hydroxyl groups excluding tert-OH is 1. The van der Waals surface area contributed by atoms with Crippen molar-refractivity contribution in [1.82, 2.24) is 0 Å². The molecule has 1 heteroatoms. The Kier molecular flexibility index (Phi) is 8.53. The van der Waals surface area contributed by atoms with Crippen LogP contribution in [-0.4, -0.2) is 11.7 Å². The normalized spacial score (nSPS) is 15.7. The maximum atomic E-state index is 8.84. The van der Waals surface area contributed by atoms with E-state index in [1.165, 1.54) is 38.5 Å². The van der Waals surface area contributed by atoms with Gasteiger partial charge in [0, 0.05) is 6.61 Å². The fourth-order valence-corrected chi connectivity index (χ4v) is 1.60. The first-order chi connectivity index (χ1) is 6.20. The van der Waals surface area contributed by atoms with Gasteiger partial charge in [0.1, 0.15) is 0 Å². The molecule has 0 aliphatic heterocycles. The summed E-state index contributed by atoms with van der Waals surface area (Å²) in [5, 5.41) is 8.84. The van der Waals surface area contributed by atoms with Gasteiger partial charge in [0.05, 0.1) is 0 Å². The smallest absolute Gasteiger partial charge is 0.0456 e. The SMILES string of the molecule is CCCC[C@@H](C)CCC[C@H](C)CO. The van der Waals surface area contributed by atoms with Crippen LogP contribution in [0.15, 0.2) is 0 Å². The van der Waals surface area contributed by atoms with Crippen molar-refractivity contribution in [2.75, 3.05) is 6.61 Å². The summed E-state index contributed by atoms with van der Waals surface area (Å²) < 4.78 is 0. The average Bonchev–Trinajstić information content (AvgIpc) is 2.14. The summed E-state index contributed by atoms with van der Waals surface area (Å²) in [5.41, 5.74) is 0. The highest BCUT2D eigenvalue weighted by molar-refractivity contribution is 4.56. The molecule has 80 valence electrons. The molecule has 0 radical (unpaired) electrons. The number of rotatable bonds is 8. The number of aliphatic hydroxyl groups is 1. The van der Waals surface area contributed by atoms with Crippen LogP contribution in [0.25, 0.3) is 0 Å². The van der Waals surface area contributed by atoms with E-state index in [0.717, 1.165) is 5.92 Å². The lowest BCUT2D eigenvalue weighted by molar-refractivity contribution is 0.225. The van der Waals surface area contributed by atoms with Crippen LogP contribution < -0.4 is 0 Å². The quantitative estimate of drug-likeness (QED) is 0.614. The zero-order valence-corrected chi connectivity index (χ0v) is 9.55. The van der Waals surface area contributed by atoms with E-state index in [4.69, 9.17) is 5.11 Å². The Morgan fingerprint density at radius 2 is 1.46 bits per heavy atom. The maximum Gasteiger partial charge on any atom is 0.0456 e. The van der Waals surface area contributed by atoms with Crippen LogP contribution in [0, 0.1) is 11.8 Å². The molecule has 0 unspecified atom stereocenters. The van der Waals surface area contributed by atoms with Crippen molar-refractivity contribution in [3.05, 3.63) is 0 Å². The molecule has 0 aliphatic rings. The monoisotopic (exact) mass is 186 g/mol. The van der Waals surface area contributed by atoms with Crippen molar-refractivity contribution in [2.45, 2.75) is 59.3 Å². The minimum atomic E-state index is 0.351. The van der Waals surface area contributed by atoms with E-state index in [9.17, 15) is 0 Å². The molecule has 13 heavy (non-hydrogen) atoms. The summed E-state index contributed by atoms with van der Waals surface area (Å²) in [6, 6.07) is 0. The van der Waals surface area contributed by atoms with Crippen LogP contribution in [0.1, 0.15) is 59.3 Å². The predicted octanol–water partition coefficient (Wildman–Crippen LogP) is 3.61. The Hall–Kier alpha value is -0.0400. The Morgan fingerprint density at radius 3 is 2.00 bits per heavy atom. The Balaban J connectivity index is 3.21. The minimum absolute atomic E-state index is 0.351. The van der Waals surface area contributed by atoms with Gasteiger partial charge in [-0.1, -0.05) is 52.9 Å². The molecule has 0 fully saturated rings. The van der Waals surface area contributed by atoms with E-state index in [1.807, 2.05) is 0 Å². The lowest BCUT2D eigenvalue weighted by Gasteiger charge is -2.12. The second-order valence-electron chi connectivity index (χ2n) is 4.47. The van der Waals surface area contributed by atoms with E-state index in [2.05, 4.69) is 20.8 Å². The Bertz CT molecular complexity index is 101. The zero-order valence-electron chi connectivity index (χ0n) is 9.55. The third-order valence-electron chi connectivity index (χ3n) is 2.76. The van der Waals surface area contributed by atoms with Gasteiger partial charge in [-0.2, -0.15) is 0 Å². The van der Waals surface area contributed by atoms with Crippen molar-refractivity contribution in [1.29, 1.82) is 0 Å². The molecular weight excluding hydrogens is 160 g/mol. The van der Waals surface area contributed by atoms with Crippen molar-refractivity contribution < 1.29 is 5.11 Å². The molecule has 2 atom stereocenters. The molecule has 0 aliphatic carbocycles. The van der Waals surface area contributed by atoms with Gasteiger partial charge < -0.3 is 5.11 Å². The summed E-state index contributed by atoms with van der Waals surface area (Å²) in [4.78, 5) is 0. The van der Waals surface area contributed by atoms with Crippen LogP contribution in [0.4, 0.5) is 0 Å². The fourth-order valence-electron chi connectivity index (χ4n) is 1.60. The van der Waals surface area contributed by atoms with Gasteiger partial charge in [-0.05, 0) is 18.3 Å². The van der Waals surface area contributed by atoms with E-state index in [-0.39, 0.29) is 0 Å². The van der Waals surface area contributed by atoms with Gasteiger partial charge in [-0.3, -0.25) is 0 Å². The van der Waals surface area contributed by atoms with Gasteiger partial charge in [0.25, 0.3) is 0 Å². The second kappa shape index (κ2) is 8.55. The topological polar surface area (TPSA) is 20.2 Å². The van der Waals surface area contributed by atoms with Crippen LogP contribution in [0.3, 0.4) is 0 Å². The first-order valence-electron chi connectivity index (χ1n) is 5.81. The summed E-state index contributed by atoms with van der Waals surface area (Å²) in [7, 11) is 0. The average molecular weight is 186 g/mol. The molecular formula is C12H26O. The summed E-state index contributed by atoms with van der Waals surface area (Å²) in [5.74, 6) is 1.38. The number of hydrogen-bond donors (Lipinski definition) is 1. The molecule has 0 amide bonds. The van der Waals surface area contributed by atoms with Gasteiger partial charge >= 0.3 is 0 Å². The largest absolute Gasteiger partial charge is 0.396 e. The first-order valence-corrected chi connectivity index (χ1v) is 5.81. The van der Waals surface area contributed by atoms with E-state index >= 15 is 0 Å². The lowest BCUT2D eigenvalue weighted by Crippen LogP contribution is -2.02. The molecule has 0 saturated heterocycles. The highest BCUT2D eigenvalue weighted by Gasteiger charge is 2.03. The first kappa shape index (κ1) is 13.0. The van der Waals surface area contributed by atoms with Crippen LogP contribution >= 0.6 is 0 Å². The van der Waals surface area contributed by atoms with Crippen molar-refractivity contribution in [2.24, 2.45) is 11.8 Å².